The molecule has 3 heteroatoms. The lowest BCUT2D eigenvalue weighted by Crippen LogP contribution is -2.25. The number of halogens is 1. The highest BCUT2D eigenvalue weighted by atomic mass is 35.5. The van der Waals surface area contributed by atoms with Crippen LogP contribution in [0.15, 0.2) is 42.5 Å². The second-order valence-corrected chi connectivity index (χ2v) is 7.25. The maximum Gasteiger partial charge on any atom is 0.136 e. The molecule has 104 valence electrons. The topological polar surface area (TPSA) is 17.1 Å². The Bertz CT molecular complexity index is 590. The van der Waals surface area contributed by atoms with Crippen LogP contribution in [0.25, 0.3) is 0 Å². The number of hydrogen-bond acceptors (Lipinski definition) is 2. The van der Waals surface area contributed by atoms with Crippen LogP contribution in [0.4, 0.5) is 0 Å². The van der Waals surface area contributed by atoms with Gasteiger partial charge in [0, 0.05) is 17.2 Å². The molecule has 2 unspecified atom stereocenters. The molecule has 20 heavy (non-hydrogen) atoms. The van der Waals surface area contributed by atoms with Crippen LogP contribution in [-0.2, 0) is 11.2 Å². The maximum atomic E-state index is 12.2. The minimum absolute atomic E-state index is 0.156. The van der Waals surface area contributed by atoms with E-state index in [0.717, 1.165) is 23.6 Å². The molecule has 0 N–H and O–H groups in total. The lowest BCUT2D eigenvalue weighted by molar-refractivity contribution is -0.124. The van der Waals surface area contributed by atoms with Crippen LogP contribution in [-0.4, -0.2) is 5.78 Å². The average molecular weight is 305 g/mol. The Kier molecular flexibility index (Phi) is 4.23. The standard InChI is InChI=1S/C17H17ClOS/c18-17-9-7-15(20-17)11-14-10-13(6-8-16(14)19)12-4-2-1-3-5-12/h1-5,7,9,13-14H,6,8,10-11H2. The minimum atomic E-state index is 0.156. The number of carbonyl (C=O) groups excluding carboxylic acids is 1. The van der Waals surface area contributed by atoms with E-state index in [1.165, 1.54) is 10.4 Å². The number of ketones is 1. The Morgan fingerprint density at radius 3 is 2.65 bits per heavy atom. The van der Waals surface area contributed by atoms with Crippen LogP contribution in [0.2, 0.25) is 4.34 Å². The SMILES string of the molecule is O=C1CCC(c2ccccc2)CC1Cc1ccc(Cl)s1. The first kappa shape index (κ1) is 13.8. The normalized spacial score (nSPS) is 22.9. The van der Waals surface area contributed by atoms with E-state index in [9.17, 15) is 4.79 Å². The van der Waals surface area contributed by atoms with Crippen LogP contribution in [0, 0.1) is 5.92 Å². The minimum Gasteiger partial charge on any atom is -0.299 e. The summed E-state index contributed by atoms with van der Waals surface area (Å²) < 4.78 is 0.808. The lowest BCUT2D eigenvalue weighted by Gasteiger charge is -2.28. The maximum absolute atomic E-state index is 12.2. The molecule has 0 spiro atoms. The molecule has 2 atom stereocenters. The fourth-order valence-corrected chi connectivity index (χ4v) is 4.21. The van der Waals surface area contributed by atoms with Gasteiger partial charge in [0.2, 0.25) is 0 Å². The summed E-state index contributed by atoms with van der Waals surface area (Å²) in [5.41, 5.74) is 1.37. The largest absolute Gasteiger partial charge is 0.299 e. The number of benzene rings is 1. The first-order valence-electron chi connectivity index (χ1n) is 7.04. The molecule has 0 saturated heterocycles. The molecule has 1 aromatic carbocycles. The molecular weight excluding hydrogens is 288 g/mol. The van der Waals surface area contributed by atoms with E-state index in [1.807, 2.05) is 18.2 Å². The van der Waals surface area contributed by atoms with Gasteiger partial charge in [0.1, 0.15) is 5.78 Å². The summed E-state index contributed by atoms with van der Waals surface area (Å²) >= 11 is 7.57. The zero-order valence-electron chi connectivity index (χ0n) is 11.2. The average Bonchev–Trinajstić information content (AvgIpc) is 2.88. The van der Waals surface area contributed by atoms with Gasteiger partial charge in [-0.3, -0.25) is 4.79 Å². The lowest BCUT2D eigenvalue weighted by atomic mass is 9.76. The zero-order valence-corrected chi connectivity index (χ0v) is 12.8. The highest BCUT2D eigenvalue weighted by Crippen LogP contribution is 2.37. The number of carbonyl (C=O) groups is 1. The van der Waals surface area contributed by atoms with E-state index in [0.29, 0.717) is 18.1 Å². The van der Waals surface area contributed by atoms with Crippen molar-refractivity contribution < 1.29 is 4.79 Å². The molecule has 1 heterocycles. The number of hydrogen-bond donors (Lipinski definition) is 0. The Morgan fingerprint density at radius 1 is 1.15 bits per heavy atom. The Balaban J connectivity index is 1.72. The van der Waals surface area contributed by atoms with Crippen molar-refractivity contribution in [3.05, 3.63) is 57.2 Å². The number of thiophene rings is 1. The van der Waals surface area contributed by atoms with Gasteiger partial charge in [0.05, 0.1) is 4.34 Å². The molecule has 1 nitrogen and oxygen atoms in total. The third-order valence-electron chi connectivity index (χ3n) is 4.11. The predicted octanol–water partition coefficient (Wildman–Crippen LogP) is 5.10. The smallest absolute Gasteiger partial charge is 0.136 e. The second-order valence-electron chi connectivity index (χ2n) is 5.46. The summed E-state index contributed by atoms with van der Waals surface area (Å²) in [5, 5.41) is 0. The summed E-state index contributed by atoms with van der Waals surface area (Å²) in [6.07, 6.45) is 3.52. The van der Waals surface area contributed by atoms with E-state index in [2.05, 4.69) is 24.3 Å². The van der Waals surface area contributed by atoms with Gasteiger partial charge in [-0.1, -0.05) is 41.9 Å². The van der Waals surface area contributed by atoms with Gasteiger partial charge in [-0.25, -0.2) is 0 Å². The molecular formula is C17H17ClOS. The third-order valence-corrected chi connectivity index (χ3v) is 5.36. The van der Waals surface area contributed by atoms with Gasteiger partial charge in [-0.15, -0.1) is 11.3 Å². The summed E-state index contributed by atoms with van der Waals surface area (Å²) in [4.78, 5) is 13.4. The Hall–Kier alpha value is -1.12. The van der Waals surface area contributed by atoms with E-state index < -0.39 is 0 Å². The summed E-state index contributed by atoms with van der Waals surface area (Å²) in [7, 11) is 0. The van der Waals surface area contributed by atoms with Gasteiger partial charge in [0.15, 0.2) is 0 Å². The van der Waals surface area contributed by atoms with Crippen molar-refractivity contribution in [1.82, 2.24) is 0 Å². The molecule has 1 saturated carbocycles. The Morgan fingerprint density at radius 2 is 1.95 bits per heavy atom. The Labute approximate surface area is 128 Å². The van der Waals surface area contributed by atoms with Gasteiger partial charge >= 0.3 is 0 Å². The number of rotatable bonds is 3. The van der Waals surface area contributed by atoms with Gasteiger partial charge in [-0.05, 0) is 42.9 Å². The molecule has 1 aliphatic carbocycles. The molecule has 0 amide bonds. The van der Waals surface area contributed by atoms with Crippen molar-refractivity contribution in [2.75, 3.05) is 0 Å². The monoisotopic (exact) mass is 304 g/mol. The zero-order chi connectivity index (χ0) is 13.9. The first-order chi connectivity index (χ1) is 9.72. The molecule has 3 rings (SSSR count). The molecule has 0 aliphatic heterocycles. The van der Waals surface area contributed by atoms with E-state index in [4.69, 9.17) is 11.6 Å². The molecule has 2 aromatic rings. The first-order valence-corrected chi connectivity index (χ1v) is 8.23. The quantitative estimate of drug-likeness (QED) is 0.771. The predicted molar refractivity (Wildman–Crippen MR) is 84.6 cm³/mol. The van der Waals surface area contributed by atoms with Crippen LogP contribution >= 0.6 is 22.9 Å². The fourth-order valence-electron chi connectivity index (χ4n) is 3.04. The van der Waals surface area contributed by atoms with Crippen molar-refractivity contribution in [1.29, 1.82) is 0 Å². The van der Waals surface area contributed by atoms with Crippen molar-refractivity contribution in [3.63, 3.8) is 0 Å². The summed E-state index contributed by atoms with van der Waals surface area (Å²) in [6, 6.07) is 14.5. The molecule has 0 radical (unpaired) electrons. The third kappa shape index (κ3) is 3.13. The van der Waals surface area contributed by atoms with Crippen molar-refractivity contribution in [2.45, 2.75) is 31.6 Å². The van der Waals surface area contributed by atoms with Crippen LogP contribution < -0.4 is 0 Å². The van der Waals surface area contributed by atoms with Gasteiger partial charge in [0.25, 0.3) is 0 Å². The van der Waals surface area contributed by atoms with Crippen molar-refractivity contribution >= 4 is 28.7 Å². The van der Waals surface area contributed by atoms with Crippen LogP contribution in [0.3, 0.4) is 0 Å². The molecule has 1 fully saturated rings. The summed E-state index contributed by atoms with van der Waals surface area (Å²) in [5.74, 6) is 1.10. The summed E-state index contributed by atoms with van der Waals surface area (Å²) in [6.45, 7) is 0. The van der Waals surface area contributed by atoms with E-state index >= 15 is 0 Å². The molecule has 0 bridgehead atoms. The highest BCUT2D eigenvalue weighted by Gasteiger charge is 2.29. The van der Waals surface area contributed by atoms with Gasteiger partial charge in [-0.2, -0.15) is 0 Å². The fraction of sp³-hybridized carbons (Fsp3) is 0.353. The van der Waals surface area contributed by atoms with Gasteiger partial charge < -0.3 is 0 Å². The number of Topliss-reactive ketones (excluding diaryl/α,β-unsaturated/α-hetero) is 1. The van der Waals surface area contributed by atoms with Crippen LogP contribution in [0.5, 0.6) is 0 Å². The van der Waals surface area contributed by atoms with Crippen molar-refractivity contribution in [2.24, 2.45) is 5.92 Å². The van der Waals surface area contributed by atoms with Crippen molar-refractivity contribution in [3.8, 4) is 0 Å². The highest BCUT2D eigenvalue weighted by molar-refractivity contribution is 7.16. The van der Waals surface area contributed by atoms with Crippen LogP contribution in [0.1, 0.15) is 35.6 Å². The second kappa shape index (κ2) is 6.11. The van der Waals surface area contributed by atoms with E-state index in [1.54, 1.807) is 11.3 Å². The molecule has 1 aliphatic rings. The van der Waals surface area contributed by atoms with E-state index in [-0.39, 0.29) is 5.92 Å². The molecule has 1 aromatic heterocycles.